The molecule has 1 aromatic rings. The third-order valence-electron chi connectivity index (χ3n) is 2.15. The van der Waals surface area contributed by atoms with E-state index in [0.717, 1.165) is 5.56 Å². The quantitative estimate of drug-likeness (QED) is 0.476. The van der Waals surface area contributed by atoms with E-state index in [1.165, 1.54) is 6.21 Å². The Balaban J connectivity index is 2.72. The summed E-state index contributed by atoms with van der Waals surface area (Å²) < 4.78 is 4.63. The molecule has 18 heavy (non-hydrogen) atoms. The molecular weight excluding hydrogens is 232 g/mol. The number of benzene rings is 1. The van der Waals surface area contributed by atoms with E-state index in [1.807, 2.05) is 0 Å². The van der Waals surface area contributed by atoms with E-state index in [4.69, 9.17) is 0 Å². The number of nitrogens with one attached hydrogen (secondary N) is 1. The molecule has 0 heterocycles. The molecule has 1 rings (SSSR count). The number of amides is 1. The lowest BCUT2D eigenvalue weighted by Crippen LogP contribution is -2.18. The van der Waals surface area contributed by atoms with Gasteiger partial charge >= 0.3 is 6.09 Å². The van der Waals surface area contributed by atoms with Gasteiger partial charge in [0.05, 0.1) is 12.8 Å². The van der Waals surface area contributed by atoms with Crippen molar-refractivity contribution in [3.8, 4) is 5.75 Å². The lowest BCUT2D eigenvalue weighted by atomic mass is 10.1. The first kappa shape index (κ1) is 13.8. The molecule has 0 unspecified atom stereocenters. The third-order valence-corrected chi connectivity index (χ3v) is 2.15. The van der Waals surface area contributed by atoms with Crippen molar-refractivity contribution >= 4 is 12.3 Å². The number of allylic oxidation sites excluding steroid dienone is 1. The number of phenolic OH excluding ortho intramolecular Hbond substituents is 1. The molecule has 0 fully saturated rings. The van der Waals surface area contributed by atoms with Crippen LogP contribution in [0, 0.1) is 0 Å². The highest BCUT2D eigenvalue weighted by atomic mass is 16.5. The Morgan fingerprint density at radius 1 is 1.61 bits per heavy atom. The van der Waals surface area contributed by atoms with Crippen LogP contribution in [0.4, 0.5) is 4.79 Å². The maximum absolute atomic E-state index is 11.0. The van der Waals surface area contributed by atoms with Crippen LogP contribution in [-0.2, 0) is 11.2 Å². The predicted molar refractivity (Wildman–Crippen MR) is 69.8 cm³/mol. The number of nitrogens with zero attached hydrogens (tertiary/aromatic N) is 1. The van der Waals surface area contributed by atoms with Crippen LogP contribution in [-0.4, -0.2) is 24.0 Å². The number of aromatic hydroxyl groups is 1. The number of ether oxygens (including phenoxy) is 1. The van der Waals surface area contributed by atoms with Crippen LogP contribution in [0.15, 0.2) is 36.0 Å². The van der Waals surface area contributed by atoms with Gasteiger partial charge in [0.2, 0.25) is 0 Å². The molecule has 2 N–H and O–H groups in total. The lowest BCUT2D eigenvalue weighted by molar-refractivity contribution is 0.152. The van der Waals surface area contributed by atoms with Crippen molar-refractivity contribution < 1.29 is 14.6 Å². The Morgan fingerprint density at radius 3 is 3.06 bits per heavy atom. The second-order valence-electron chi connectivity index (χ2n) is 3.44. The standard InChI is InChI=1S/C13H16N2O3/c1-3-6-10-7-5-8-11(12(10)16)9-14-15-13(17)18-4-2/h3,5,7-9,16H,1,4,6H2,2H3,(H,15,17)/b14-9-. The van der Waals surface area contributed by atoms with Crippen molar-refractivity contribution in [1.29, 1.82) is 0 Å². The van der Waals surface area contributed by atoms with E-state index in [-0.39, 0.29) is 12.4 Å². The Morgan fingerprint density at radius 2 is 2.39 bits per heavy atom. The fraction of sp³-hybridized carbons (Fsp3) is 0.231. The number of carbonyl (C=O) groups excluding carboxylic acids is 1. The summed E-state index contributed by atoms with van der Waals surface area (Å²) in [6.45, 7) is 5.60. The first-order valence-corrected chi connectivity index (χ1v) is 5.56. The van der Waals surface area contributed by atoms with Gasteiger partial charge in [-0.1, -0.05) is 18.2 Å². The molecule has 0 spiro atoms. The zero-order chi connectivity index (χ0) is 13.4. The third kappa shape index (κ3) is 3.93. The minimum atomic E-state index is -0.629. The maximum Gasteiger partial charge on any atom is 0.427 e. The number of rotatable bonds is 5. The largest absolute Gasteiger partial charge is 0.507 e. The zero-order valence-corrected chi connectivity index (χ0v) is 10.2. The van der Waals surface area contributed by atoms with E-state index in [9.17, 15) is 9.90 Å². The van der Waals surface area contributed by atoms with Crippen LogP contribution in [0.25, 0.3) is 0 Å². The highest BCUT2D eigenvalue weighted by molar-refractivity contribution is 5.84. The van der Waals surface area contributed by atoms with Crippen molar-refractivity contribution in [2.24, 2.45) is 5.10 Å². The molecule has 96 valence electrons. The molecule has 1 aromatic carbocycles. The Labute approximate surface area is 106 Å². The molecule has 5 heteroatoms. The summed E-state index contributed by atoms with van der Waals surface area (Å²) in [5, 5.41) is 13.6. The molecular formula is C13H16N2O3. The highest BCUT2D eigenvalue weighted by Gasteiger charge is 2.03. The Kier molecular flexibility index (Phi) is 5.44. The van der Waals surface area contributed by atoms with Gasteiger partial charge < -0.3 is 9.84 Å². The van der Waals surface area contributed by atoms with Gasteiger partial charge in [-0.25, -0.2) is 10.2 Å². The van der Waals surface area contributed by atoms with Crippen molar-refractivity contribution in [3.63, 3.8) is 0 Å². The molecule has 0 atom stereocenters. The molecule has 0 aliphatic rings. The molecule has 0 saturated heterocycles. The van der Waals surface area contributed by atoms with Crippen molar-refractivity contribution in [2.45, 2.75) is 13.3 Å². The van der Waals surface area contributed by atoms with Crippen LogP contribution in [0.3, 0.4) is 0 Å². The van der Waals surface area contributed by atoms with E-state index in [0.29, 0.717) is 12.0 Å². The Hall–Kier alpha value is -2.30. The number of hydrogen-bond acceptors (Lipinski definition) is 4. The summed E-state index contributed by atoms with van der Waals surface area (Å²) in [6.07, 6.45) is 3.00. The maximum atomic E-state index is 11.0. The van der Waals surface area contributed by atoms with Crippen LogP contribution < -0.4 is 5.43 Å². The summed E-state index contributed by atoms with van der Waals surface area (Å²) in [5.41, 5.74) is 3.46. The lowest BCUT2D eigenvalue weighted by Gasteiger charge is -2.04. The van der Waals surface area contributed by atoms with E-state index in [1.54, 1.807) is 31.2 Å². The smallest absolute Gasteiger partial charge is 0.427 e. The van der Waals surface area contributed by atoms with Gasteiger partial charge in [0.1, 0.15) is 5.75 Å². The summed E-state index contributed by atoms with van der Waals surface area (Å²) in [6, 6.07) is 5.29. The molecule has 5 nitrogen and oxygen atoms in total. The fourth-order valence-corrected chi connectivity index (χ4v) is 1.35. The van der Waals surface area contributed by atoms with Gasteiger partial charge in [-0.05, 0) is 25.0 Å². The minimum Gasteiger partial charge on any atom is -0.507 e. The van der Waals surface area contributed by atoms with Crippen LogP contribution in [0.5, 0.6) is 5.75 Å². The molecule has 0 aromatic heterocycles. The van der Waals surface area contributed by atoms with Crippen molar-refractivity contribution in [2.75, 3.05) is 6.61 Å². The molecule has 0 aliphatic heterocycles. The predicted octanol–water partition coefficient (Wildman–Crippen LogP) is 2.20. The van der Waals surface area contributed by atoms with Gasteiger partial charge in [0, 0.05) is 5.56 Å². The normalized spacial score (nSPS) is 10.3. The highest BCUT2D eigenvalue weighted by Crippen LogP contribution is 2.21. The molecule has 0 radical (unpaired) electrons. The monoisotopic (exact) mass is 248 g/mol. The molecule has 0 bridgehead atoms. The van der Waals surface area contributed by atoms with E-state index < -0.39 is 6.09 Å². The van der Waals surface area contributed by atoms with Gasteiger partial charge in [-0.15, -0.1) is 6.58 Å². The van der Waals surface area contributed by atoms with E-state index >= 15 is 0 Å². The number of carbonyl (C=O) groups is 1. The summed E-state index contributed by atoms with van der Waals surface area (Å²) in [7, 11) is 0. The van der Waals surface area contributed by atoms with E-state index in [2.05, 4.69) is 21.8 Å². The van der Waals surface area contributed by atoms with Crippen LogP contribution in [0.1, 0.15) is 18.1 Å². The molecule has 0 aliphatic carbocycles. The average Bonchev–Trinajstić information content (AvgIpc) is 2.34. The van der Waals surface area contributed by atoms with Gasteiger partial charge in [-0.3, -0.25) is 0 Å². The summed E-state index contributed by atoms with van der Waals surface area (Å²) >= 11 is 0. The SMILES string of the molecule is C=CCc1cccc(/C=N\NC(=O)OCC)c1O. The van der Waals surface area contributed by atoms with Gasteiger partial charge in [-0.2, -0.15) is 5.10 Å². The first-order valence-electron chi connectivity index (χ1n) is 5.56. The summed E-state index contributed by atoms with van der Waals surface area (Å²) in [4.78, 5) is 11.0. The fourth-order valence-electron chi connectivity index (χ4n) is 1.35. The van der Waals surface area contributed by atoms with Gasteiger partial charge in [0.15, 0.2) is 0 Å². The minimum absolute atomic E-state index is 0.131. The molecule has 1 amide bonds. The van der Waals surface area contributed by atoms with Crippen LogP contribution >= 0.6 is 0 Å². The number of phenols is 1. The Bertz CT molecular complexity index is 456. The van der Waals surface area contributed by atoms with Crippen LogP contribution in [0.2, 0.25) is 0 Å². The average molecular weight is 248 g/mol. The second-order valence-corrected chi connectivity index (χ2v) is 3.44. The number of hydrogen-bond donors (Lipinski definition) is 2. The molecule has 0 saturated carbocycles. The van der Waals surface area contributed by atoms with Crippen molar-refractivity contribution in [3.05, 3.63) is 42.0 Å². The topological polar surface area (TPSA) is 70.9 Å². The first-order chi connectivity index (χ1) is 8.69. The number of hydrazone groups is 1. The number of para-hydroxylation sites is 1. The summed E-state index contributed by atoms with van der Waals surface area (Å²) in [5.74, 6) is 0.131. The van der Waals surface area contributed by atoms with Crippen molar-refractivity contribution in [1.82, 2.24) is 5.43 Å². The zero-order valence-electron chi connectivity index (χ0n) is 10.2. The van der Waals surface area contributed by atoms with Gasteiger partial charge in [0.25, 0.3) is 0 Å². The second kappa shape index (κ2) is 7.11.